The van der Waals surface area contributed by atoms with Crippen LogP contribution in [0.3, 0.4) is 0 Å². The molecule has 0 spiro atoms. The lowest BCUT2D eigenvalue weighted by Crippen LogP contribution is -2.04. The Morgan fingerprint density at radius 3 is 2.80 bits per heavy atom. The van der Waals surface area contributed by atoms with Crippen LogP contribution in [-0.2, 0) is 6.54 Å². The van der Waals surface area contributed by atoms with E-state index in [0.29, 0.717) is 34.8 Å². The third kappa shape index (κ3) is 2.35. The van der Waals surface area contributed by atoms with E-state index < -0.39 is 0 Å². The van der Waals surface area contributed by atoms with Gasteiger partial charge in [-0.15, -0.1) is 0 Å². The molecule has 0 saturated carbocycles. The number of anilines is 2. The first-order chi connectivity index (χ1) is 9.74. The Balaban J connectivity index is 1.85. The molecule has 0 aliphatic heterocycles. The minimum absolute atomic E-state index is 0.247. The lowest BCUT2D eigenvalue weighted by molar-refractivity contribution is 0.613. The summed E-state index contributed by atoms with van der Waals surface area (Å²) in [5.74, 6) is 0.676. The Hall–Kier alpha value is -2.76. The molecule has 1 aromatic carbocycles. The van der Waals surface area contributed by atoms with Crippen LogP contribution < -0.4 is 11.1 Å². The highest BCUT2D eigenvalue weighted by Crippen LogP contribution is 2.17. The van der Waals surface area contributed by atoms with Crippen molar-refractivity contribution in [1.82, 2.24) is 15.0 Å². The topological polar surface area (TPSA) is 76.7 Å². The molecule has 0 amide bonds. The van der Waals surface area contributed by atoms with Gasteiger partial charge in [-0.2, -0.15) is 0 Å². The van der Waals surface area contributed by atoms with Crippen LogP contribution in [0.4, 0.5) is 16.0 Å². The highest BCUT2D eigenvalue weighted by atomic mass is 19.1. The van der Waals surface area contributed by atoms with Crippen molar-refractivity contribution in [2.75, 3.05) is 11.1 Å². The maximum atomic E-state index is 13.5. The van der Waals surface area contributed by atoms with E-state index >= 15 is 0 Å². The Morgan fingerprint density at radius 2 is 1.95 bits per heavy atom. The minimum Gasteiger partial charge on any atom is -0.382 e. The van der Waals surface area contributed by atoms with Gasteiger partial charge in [0.15, 0.2) is 5.82 Å². The molecule has 3 aromatic rings. The second-order valence-corrected chi connectivity index (χ2v) is 4.27. The number of pyridine rings is 1. The molecule has 0 radical (unpaired) electrons. The second-order valence-electron chi connectivity index (χ2n) is 4.27. The molecule has 3 rings (SSSR count). The monoisotopic (exact) mass is 269 g/mol. The molecule has 0 bridgehead atoms. The number of halogens is 1. The SMILES string of the molecule is Nc1ncnc2ccc(NCc3ccccc3F)nc12. The first-order valence-corrected chi connectivity index (χ1v) is 6.08. The number of rotatable bonds is 3. The largest absolute Gasteiger partial charge is 0.382 e. The molecule has 100 valence electrons. The Bertz CT molecular complexity index is 759. The van der Waals surface area contributed by atoms with Crippen molar-refractivity contribution in [2.45, 2.75) is 6.54 Å². The van der Waals surface area contributed by atoms with Crippen molar-refractivity contribution >= 4 is 22.7 Å². The minimum atomic E-state index is -0.247. The summed E-state index contributed by atoms with van der Waals surface area (Å²) in [6, 6.07) is 10.2. The molecule has 0 aliphatic carbocycles. The van der Waals surface area contributed by atoms with Crippen LogP contribution in [0, 0.1) is 5.82 Å². The van der Waals surface area contributed by atoms with Gasteiger partial charge in [0.25, 0.3) is 0 Å². The number of nitrogens with one attached hydrogen (secondary N) is 1. The van der Waals surface area contributed by atoms with Crippen LogP contribution in [0.15, 0.2) is 42.7 Å². The van der Waals surface area contributed by atoms with Crippen LogP contribution in [0.25, 0.3) is 11.0 Å². The van der Waals surface area contributed by atoms with Gasteiger partial charge < -0.3 is 11.1 Å². The molecule has 0 atom stereocenters. The van der Waals surface area contributed by atoms with Crippen LogP contribution in [0.1, 0.15) is 5.56 Å². The quantitative estimate of drug-likeness (QED) is 0.763. The fraction of sp³-hybridized carbons (Fsp3) is 0.0714. The fourth-order valence-electron chi connectivity index (χ4n) is 1.88. The predicted molar refractivity (Wildman–Crippen MR) is 75.5 cm³/mol. The average molecular weight is 269 g/mol. The van der Waals surface area contributed by atoms with Crippen LogP contribution >= 0.6 is 0 Å². The van der Waals surface area contributed by atoms with Gasteiger partial charge in [-0.3, -0.25) is 0 Å². The maximum absolute atomic E-state index is 13.5. The molecule has 2 heterocycles. The zero-order chi connectivity index (χ0) is 13.9. The number of hydrogen-bond acceptors (Lipinski definition) is 5. The highest BCUT2D eigenvalue weighted by Gasteiger charge is 2.05. The van der Waals surface area contributed by atoms with Crippen molar-refractivity contribution in [3.8, 4) is 0 Å². The molecule has 5 nitrogen and oxygen atoms in total. The van der Waals surface area contributed by atoms with Crippen molar-refractivity contribution in [3.63, 3.8) is 0 Å². The van der Waals surface area contributed by atoms with E-state index in [9.17, 15) is 4.39 Å². The van der Waals surface area contributed by atoms with E-state index in [1.807, 2.05) is 0 Å². The highest BCUT2D eigenvalue weighted by molar-refractivity contribution is 5.84. The first kappa shape index (κ1) is 12.3. The Labute approximate surface area is 114 Å². The van der Waals surface area contributed by atoms with E-state index in [1.54, 1.807) is 30.3 Å². The molecule has 0 saturated heterocycles. The first-order valence-electron chi connectivity index (χ1n) is 6.08. The van der Waals surface area contributed by atoms with Crippen LogP contribution in [0.2, 0.25) is 0 Å². The molecular weight excluding hydrogens is 257 g/mol. The van der Waals surface area contributed by atoms with Gasteiger partial charge in [0.05, 0.1) is 5.52 Å². The summed E-state index contributed by atoms with van der Waals surface area (Å²) in [5, 5.41) is 3.06. The maximum Gasteiger partial charge on any atom is 0.153 e. The molecule has 2 aromatic heterocycles. The predicted octanol–water partition coefficient (Wildman–Crippen LogP) is 2.36. The van der Waals surface area contributed by atoms with E-state index in [1.165, 1.54) is 12.4 Å². The molecule has 0 unspecified atom stereocenters. The van der Waals surface area contributed by atoms with E-state index in [2.05, 4.69) is 20.3 Å². The lowest BCUT2D eigenvalue weighted by atomic mass is 10.2. The summed E-state index contributed by atoms with van der Waals surface area (Å²) in [7, 11) is 0. The van der Waals surface area contributed by atoms with Gasteiger partial charge >= 0.3 is 0 Å². The molecule has 3 N–H and O–H groups in total. The molecule has 20 heavy (non-hydrogen) atoms. The van der Waals surface area contributed by atoms with Gasteiger partial charge in [-0.05, 0) is 18.2 Å². The average Bonchev–Trinajstić information content (AvgIpc) is 2.47. The molecular formula is C14H12FN5. The Kier molecular flexibility index (Phi) is 3.12. The number of benzene rings is 1. The summed E-state index contributed by atoms with van der Waals surface area (Å²) in [5.41, 5.74) is 7.54. The standard InChI is InChI=1S/C14H12FN5/c15-10-4-2-1-3-9(10)7-17-12-6-5-11-13(20-12)14(16)19-8-18-11/h1-6,8H,7H2,(H,17,20)(H2,16,18,19). The van der Waals surface area contributed by atoms with Gasteiger partial charge in [-0.25, -0.2) is 19.3 Å². The second kappa shape index (κ2) is 5.08. The number of aromatic nitrogens is 3. The van der Waals surface area contributed by atoms with Crippen LogP contribution in [-0.4, -0.2) is 15.0 Å². The summed E-state index contributed by atoms with van der Waals surface area (Å²) in [4.78, 5) is 12.3. The van der Waals surface area contributed by atoms with Gasteiger partial charge in [0.1, 0.15) is 23.5 Å². The Morgan fingerprint density at radius 1 is 1.10 bits per heavy atom. The smallest absolute Gasteiger partial charge is 0.153 e. The summed E-state index contributed by atoms with van der Waals surface area (Å²) in [6.07, 6.45) is 1.39. The lowest BCUT2D eigenvalue weighted by Gasteiger charge is -2.07. The van der Waals surface area contributed by atoms with Gasteiger partial charge in [-0.1, -0.05) is 18.2 Å². The molecule has 0 fully saturated rings. The van der Waals surface area contributed by atoms with Crippen LogP contribution in [0.5, 0.6) is 0 Å². The van der Waals surface area contributed by atoms with Crippen molar-refractivity contribution < 1.29 is 4.39 Å². The van der Waals surface area contributed by atoms with Gasteiger partial charge in [0, 0.05) is 12.1 Å². The molecule has 0 aliphatic rings. The third-order valence-electron chi connectivity index (χ3n) is 2.93. The third-order valence-corrected chi connectivity index (χ3v) is 2.93. The van der Waals surface area contributed by atoms with Crippen molar-refractivity contribution in [3.05, 3.63) is 54.1 Å². The number of hydrogen-bond donors (Lipinski definition) is 2. The van der Waals surface area contributed by atoms with E-state index in [4.69, 9.17) is 5.73 Å². The fourth-order valence-corrected chi connectivity index (χ4v) is 1.88. The van der Waals surface area contributed by atoms with Crippen molar-refractivity contribution in [2.24, 2.45) is 0 Å². The summed E-state index contributed by atoms with van der Waals surface area (Å²) >= 11 is 0. The van der Waals surface area contributed by atoms with Crippen molar-refractivity contribution in [1.29, 1.82) is 0 Å². The van der Waals surface area contributed by atoms with Gasteiger partial charge in [0.2, 0.25) is 0 Å². The number of nitrogen functional groups attached to an aromatic ring is 1. The zero-order valence-electron chi connectivity index (χ0n) is 10.5. The normalized spacial score (nSPS) is 10.7. The summed E-state index contributed by atoms with van der Waals surface area (Å²) < 4.78 is 13.5. The number of nitrogens with zero attached hydrogens (tertiary/aromatic N) is 3. The van der Waals surface area contributed by atoms with E-state index in [-0.39, 0.29) is 5.82 Å². The zero-order valence-corrected chi connectivity index (χ0v) is 10.5. The number of fused-ring (bicyclic) bond motifs is 1. The summed E-state index contributed by atoms with van der Waals surface area (Å²) in [6.45, 7) is 0.346. The number of nitrogens with two attached hydrogens (primary N) is 1. The van der Waals surface area contributed by atoms with E-state index in [0.717, 1.165) is 0 Å². The molecule has 6 heteroatoms.